The number of fused-ring (bicyclic) bond motifs is 1. The first kappa shape index (κ1) is 15.5. The summed E-state index contributed by atoms with van der Waals surface area (Å²) in [5.41, 5.74) is 3.26. The molecule has 1 unspecified atom stereocenters. The summed E-state index contributed by atoms with van der Waals surface area (Å²) in [4.78, 5) is 11.4. The van der Waals surface area contributed by atoms with E-state index in [1.165, 1.54) is 6.92 Å². The van der Waals surface area contributed by atoms with Gasteiger partial charge in [-0.15, -0.1) is 0 Å². The minimum Gasteiger partial charge on any atom is -0.453 e. The smallest absolute Gasteiger partial charge is 0.303 e. The van der Waals surface area contributed by atoms with Gasteiger partial charge in [-0.05, 0) is 16.8 Å². The van der Waals surface area contributed by atoms with Gasteiger partial charge in [0.2, 0.25) is 0 Å². The van der Waals surface area contributed by atoms with E-state index in [2.05, 4.69) is 43.5 Å². The molecule has 0 saturated carbocycles. The summed E-state index contributed by atoms with van der Waals surface area (Å²) >= 11 is 0. The van der Waals surface area contributed by atoms with Gasteiger partial charge in [0.25, 0.3) is 0 Å². The molecule has 110 valence electrons. The van der Waals surface area contributed by atoms with Crippen LogP contribution in [0.3, 0.4) is 0 Å². The van der Waals surface area contributed by atoms with E-state index < -0.39 is 8.07 Å². The molecule has 2 rings (SSSR count). The lowest BCUT2D eigenvalue weighted by atomic mass is 10.0. The monoisotopic (exact) mass is 298 g/mol. The van der Waals surface area contributed by atoms with Gasteiger partial charge in [-0.25, -0.2) is 0 Å². The molecule has 0 N–H and O–H groups in total. The Balaban J connectivity index is 2.48. The number of carbonyl (C=O) groups is 1. The Bertz CT molecular complexity index is 663. The van der Waals surface area contributed by atoms with Crippen molar-refractivity contribution in [3.05, 3.63) is 59.8 Å². The third-order valence-corrected chi connectivity index (χ3v) is 4.39. The van der Waals surface area contributed by atoms with Crippen LogP contribution in [-0.2, 0) is 9.53 Å². The van der Waals surface area contributed by atoms with Crippen molar-refractivity contribution in [2.75, 3.05) is 0 Å². The molecule has 0 radical (unpaired) electrons. The number of hydrogen-bond acceptors (Lipinski definition) is 2. The fourth-order valence-corrected chi connectivity index (χ4v) is 3.01. The molecular weight excluding hydrogens is 276 g/mol. The minimum absolute atomic E-state index is 0.256. The van der Waals surface area contributed by atoms with Crippen LogP contribution < -0.4 is 0 Å². The second-order valence-corrected chi connectivity index (χ2v) is 11.4. The summed E-state index contributed by atoms with van der Waals surface area (Å²) < 4.78 is 5.54. The molecule has 21 heavy (non-hydrogen) atoms. The van der Waals surface area contributed by atoms with Crippen molar-refractivity contribution in [3.63, 3.8) is 0 Å². The molecule has 0 aromatic heterocycles. The first-order chi connectivity index (χ1) is 9.87. The van der Waals surface area contributed by atoms with Crippen molar-refractivity contribution in [2.45, 2.75) is 32.7 Å². The zero-order valence-electron chi connectivity index (χ0n) is 13.1. The second-order valence-electron chi connectivity index (χ2n) is 6.32. The SMILES string of the molecule is CC(=O)OC(/C=C/[Si](C)(C)C)c1cccc2ccccc12. The number of carbonyl (C=O) groups excluding carboxylic acids is 1. The van der Waals surface area contributed by atoms with Crippen molar-refractivity contribution in [1.29, 1.82) is 0 Å². The van der Waals surface area contributed by atoms with Gasteiger partial charge in [0.15, 0.2) is 0 Å². The molecule has 0 saturated heterocycles. The molecule has 2 nitrogen and oxygen atoms in total. The number of esters is 1. The zero-order chi connectivity index (χ0) is 15.5. The van der Waals surface area contributed by atoms with E-state index in [1.807, 2.05) is 30.3 Å². The molecule has 0 heterocycles. The van der Waals surface area contributed by atoms with Crippen LogP contribution in [0, 0.1) is 0 Å². The predicted molar refractivity (Wildman–Crippen MR) is 90.9 cm³/mol. The topological polar surface area (TPSA) is 26.3 Å². The van der Waals surface area contributed by atoms with Crippen LogP contribution in [0.5, 0.6) is 0 Å². The lowest BCUT2D eigenvalue weighted by molar-refractivity contribution is -0.144. The van der Waals surface area contributed by atoms with E-state index in [9.17, 15) is 4.79 Å². The van der Waals surface area contributed by atoms with Crippen LogP contribution in [0.15, 0.2) is 54.2 Å². The lowest BCUT2D eigenvalue weighted by Gasteiger charge is -2.18. The van der Waals surface area contributed by atoms with Crippen molar-refractivity contribution >= 4 is 24.8 Å². The molecular formula is C18H22O2Si. The summed E-state index contributed by atoms with van der Waals surface area (Å²) in [7, 11) is -1.34. The second kappa shape index (κ2) is 6.27. The van der Waals surface area contributed by atoms with Crippen LogP contribution in [0.4, 0.5) is 0 Å². The molecule has 0 spiro atoms. The highest BCUT2D eigenvalue weighted by Crippen LogP contribution is 2.28. The summed E-state index contributed by atoms with van der Waals surface area (Å²) in [6.45, 7) is 8.24. The van der Waals surface area contributed by atoms with E-state index in [-0.39, 0.29) is 12.1 Å². The van der Waals surface area contributed by atoms with Crippen LogP contribution >= 0.6 is 0 Å². The number of rotatable bonds is 4. The summed E-state index contributed by atoms with van der Waals surface area (Å²) in [5.74, 6) is -0.256. The highest BCUT2D eigenvalue weighted by atomic mass is 28.3. The number of hydrogen-bond donors (Lipinski definition) is 0. The van der Waals surface area contributed by atoms with Crippen LogP contribution in [0.2, 0.25) is 19.6 Å². The summed E-state index contributed by atoms with van der Waals surface area (Å²) in [6.07, 6.45) is 1.72. The highest BCUT2D eigenvalue weighted by molar-refractivity contribution is 6.80. The quantitative estimate of drug-likeness (QED) is 0.594. The normalized spacial score (nSPS) is 13.5. The molecule has 1 atom stereocenters. The molecule has 0 aliphatic carbocycles. The van der Waals surface area contributed by atoms with Crippen LogP contribution in [0.25, 0.3) is 10.8 Å². The average molecular weight is 298 g/mol. The average Bonchev–Trinajstić information content (AvgIpc) is 2.41. The van der Waals surface area contributed by atoms with Gasteiger partial charge in [-0.3, -0.25) is 4.79 Å². The number of ether oxygens (including phenoxy) is 1. The molecule has 2 aromatic rings. The van der Waals surface area contributed by atoms with E-state index in [1.54, 1.807) is 0 Å². The van der Waals surface area contributed by atoms with Gasteiger partial charge in [0.05, 0.1) is 8.07 Å². The Morgan fingerprint density at radius 3 is 2.43 bits per heavy atom. The van der Waals surface area contributed by atoms with E-state index in [4.69, 9.17) is 4.74 Å². The Labute approximate surface area is 127 Å². The van der Waals surface area contributed by atoms with Crippen LogP contribution in [-0.4, -0.2) is 14.0 Å². The van der Waals surface area contributed by atoms with Crippen molar-refractivity contribution < 1.29 is 9.53 Å². The fourth-order valence-electron chi connectivity index (χ4n) is 2.26. The Kier molecular flexibility index (Phi) is 4.63. The molecule has 0 aliphatic rings. The molecule has 0 bridgehead atoms. The van der Waals surface area contributed by atoms with Crippen molar-refractivity contribution in [2.24, 2.45) is 0 Å². The standard InChI is InChI=1S/C18H22O2Si/c1-14(19)20-18(12-13-21(2,3)4)17-11-7-9-15-8-5-6-10-16(15)17/h5-13,18H,1-4H3/b13-12+. The maximum absolute atomic E-state index is 11.4. The molecule has 0 amide bonds. The Hall–Kier alpha value is -1.87. The largest absolute Gasteiger partial charge is 0.453 e. The zero-order valence-corrected chi connectivity index (χ0v) is 14.1. The van der Waals surface area contributed by atoms with Gasteiger partial charge in [0, 0.05) is 12.5 Å². The maximum Gasteiger partial charge on any atom is 0.303 e. The van der Waals surface area contributed by atoms with Gasteiger partial charge >= 0.3 is 5.97 Å². The molecule has 0 fully saturated rings. The van der Waals surface area contributed by atoms with Crippen molar-refractivity contribution in [3.8, 4) is 0 Å². The highest BCUT2D eigenvalue weighted by Gasteiger charge is 2.16. The first-order valence-corrected chi connectivity index (χ1v) is 10.8. The van der Waals surface area contributed by atoms with Gasteiger partial charge in [-0.2, -0.15) is 0 Å². The van der Waals surface area contributed by atoms with E-state index in [0.717, 1.165) is 16.3 Å². The fraction of sp³-hybridized carbons (Fsp3) is 0.278. The van der Waals surface area contributed by atoms with Crippen molar-refractivity contribution in [1.82, 2.24) is 0 Å². The molecule has 3 heteroatoms. The third-order valence-electron chi connectivity index (χ3n) is 3.19. The predicted octanol–water partition coefficient (Wildman–Crippen LogP) is 4.88. The maximum atomic E-state index is 11.4. The molecule has 2 aromatic carbocycles. The Morgan fingerprint density at radius 2 is 1.76 bits per heavy atom. The van der Waals surface area contributed by atoms with Gasteiger partial charge in [0.1, 0.15) is 6.10 Å². The van der Waals surface area contributed by atoms with E-state index in [0.29, 0.717) is 0 Å². The Morgan fingerprint density at radius 1 is 1.10 bits per heavy atom. The number of benzene rings is 2. The first-order valence-electron chi connectivity index (χ1n) is 7.21. The molecule has 0 aliphatic heterocycles. The summed E-state index contributed by atoms with van der Waals surface area (Å²) in [6, 6.07) is 14.3. The minimum atomic E-state index is -1.34. The van der Waals surface area contributed by atoms with Gasteiger partial charge in [-0.1, -0.05) is 67.8 Å². The third kappa shape index (κ3) is 4.30. The van der Waals surface area contributed by atoms with Gasteiger partial charge < -0.3 is 4.74 Å². The summed E-state index contributed by atoms with van der Waals surface area (Å²) in [5, 5.41) is 2.29. The lowest BCUT2D eigenvalue weighted by Crippen LogP contribution is -2.17. The van der Waals surface area contributed by atoms with Crippen LogP contribution in [0.1, 0.15) is 18.6 Å². The van der Waals surface area contributed by atoms with E-state index >= 15 is 0 Å².